The first-order chi connectivity index (χ1) is 7.27. The minimum Gasteiger partial charge on any atom is -0.272 e. The van der Waals surface area contributed by atoms with E-state index in [1.807, 2.05) is 10.9 Å². The largest absolute Gasteiger partial charge is 0.272 e. The van der Waals surface area contributed by atoms with Gasteiger partial charge in [0.05, 0.1) is 11.6 Å². The standard InChI is InChI=1S/C12H21ClN2/c1-3-5-6-7-8-15-10-11(9-14-15)12(13)4-2/h9-10,12H,3-8H2,1-2H3. The van der Waals surface area contributed by atoms with E-state index in [-0.39, 0.29) is 5.38 Å². The molecule has 1 aromatic heterocycles. The number of hydrogen-bond donors (Lipinski definition) is 0. The van der Waals surface area contributed by atoms with Crippen molar-refractivity contribution in [1.82, 2.24) is 9.78 Å². The molecule has 0 amide bonds. The van der Waals surface area contributed by atoms with Gasteiger partial charge in [0, 0.05) is 18.3 Å². The van der Waals surface area contributed by atoms with E-state index >= 15 is 0 Å². The molecular weight excluding hydrogens is 208 g/mol. The fourth-order valence-electron chi connectivity index (χ4n) is 1.60. The van der Waals surface area contributed by atoms with Crippen molar-refractivity contribution >= 4 is 11.6 Å². The van der Waals surface area contributed by atoms with Crippen molar-refractivity contribution in [1.29, 1.82) is 0 Å². The van der Waals surface area contributed by atoms with Gasteiger partial charge in [0.2, 0.25) is 0 Å². The number of rotatable bonds is 7. The number of hydrogen-bond acceptors (Lipinski definition) is 1. The fraction of sp³-hybridized carbons (Fsp3) is 0.750. The molecule has 3 heteroatoms. The number of alkyl halides is 1. The molecule has 1 rings (SSSR count). The molecule has 0 radical (unpaired) electrons. The summed E-state index contributed by atoms with van der Waals surface area (Å²) in [5.74, 6) is 0. The van der Waals surface area contributed by atoms with E-state index in [1.54, 1.807) is 0 Å². The van der Waals surface area contributed by atoms with Gasteiger partial charge in [-0.2, -0.15) is 5.10 Å². The molecule has 1 aromatic rings. The maximum atomic E-state index is 6.13. The average Bonchev–Trinajstić information content (AvgIpc) is 2.72. The van der Waals surface area contributed by atoms with Crippen molar-refractivity contribution < 1.29 is 0 Å². The second kappa shape index (κ2) is 6.89. The van der Waals surface area contributed by atoms with Crippen LogP contribution in [-0.4, -0.2) is 9.78 Å². The first kappa shape index (κ1) is 12.6. The smallest absolute Gasteiger partial charge is 0.0613 e. The molecule has 1 heterocycles. The topological polar surface area (TPSA) is 17.8 Å². The predicted octanol–water partition coefficient (Wildman–Crippen LogP) is 4.15. The zero-order valence-electron chi connectivity index (χ0n) is 9.75. The molecule has 0 bridgehead atoms. The molecule has 15 heavy (non-hydrogen) atoms. The average molecular weight is 229 g/mol. The molecular formula is C12H21ClN2. The monoisotopic (exact) mass is 228 g/mol. The summed E-state index contributed by atoms with van der Waals surface area (Å²) in [7, 11) is 0. The van der Waals surface area contributed by atoms with Gasteiger partial charge in [0.15, 0.2) is 0 Å². The predicted molar refractivity (Wildman–Crippen MR) is 65.3 cm³/mol. The van der Waals surface area contributed by atoms with Crippen molar-refractivity contribution in [3.8, 4) is 0 Å². The lowest BCUT2D eigenvalue weighted by Crippen LogP contribution is -1.98. The molecule has 0 aliphatic rings. The van der Waals surface area contributed by atoms with Crippen molar-refractivity contribution in [2.45, 2.75) is 57.9 Å². The lowest BCUT2D eigenvalue weighted by atomic mass is 10.2. The minimum absolute atomic E-state index is 0.120. The fourth-order valence-corrected chi connectivity index (χ4v) is 1.71. The normalized spacial score (nSPS) is 13.0. The summed E-state index contributed by atoms with van der Waals surface area (Å²) in [4.78, 5) is 0. The van der Waals surface area contributed by atoms with Crippen LogP contribution in [0.15, 0.2) is 12.4 Å². The third-order valence-corrected chi connectivity index (χ3v) is 3.17. The van der Waals surface area contributed by atoms with E-state index in [0.717, 1.165) is 18.5 Å². The van der Waals surface area contributed by atoms with E-state index in [4.69, 9.17) is 11.6 Å². The van der Waals surface area contributed by atoms with Crippen molar-refractivity contribution in [2.24, 2.45) is 0 Å². The Morgan fingerprint density at radius 3 is 2.80 bits per heavy atom. The number of nitrogens with zero attached hydrogens (tertiary/aromatic N) is 2. The summed E-state index contributed by atoms with van der Waals surface area (Å²) in [5, 5.41) is 4.43. The number of halogens is 1. The Bertz CT molecular complexity index is 270. The van der Waals surface area contributed by atoms with E-state index < -0.39 is 0 Å². The molecule has 0 aromatic carbocycles. The maximum absolute atomic E-state index is 6.13. The molecule has 0 saturated heterocycles. The molecule has 0 aliphatic heterocycles. The lowest BCUT2D eigenvalue weighted by Gasteiger charge is -2.02. The van der Waals surface area contributed by atoms with Crippen LogP contribution in [0.25, 0.3) is 0 Å². The van der Waals surface area contributed by atoms with Gasteiger partial charge in [-0.25, -0.2) is 0 Å². The zero-order valence-corrected chi connectivity index (χ0v) is 10.5. The number of unbranched alkanes of at least 4 members (excludes halogenated alkanes) is 3. The van der Waals surface area contributed by atoms with Crippen LogP contribution in [0, 0.1) is 0 Å². The van der Waals surface area contributed by atoms with Crippen LogP contribution in [0.2, 0.25) is 0 Å². The van der Waals surface area contributed by atoms with E-state index in [9.17, 15) is 0 Å². The second-order valence-electron chi connectivity index (χ2n) is 3.97. The Balaban J connectivity index is 2.33. The summed E-state index contributed by atoms with van der Waals surface area (Å²) in [5.41, 5.74) is 1.15. The lowest BCUT2D eigenvalue weighted by molar-refractivity contribution is 0.541. The van der Waals surface area contributed by atoms with Gasteiger partial charge in [-0.3, -0.25) is 4.68 Å². The first-order valence-corrected chi connectivity index (χ1v) is 6.38. The summed E-state index contributed by atoms with van der Waals surface area (Å²) < 4.78 is 2.01. The van der Waals surface area contributed by atoms with Gasteiger partial charge in [-0.15, -0.1) is 11.6 Å². The molecule has 0 aliphatic carbocycles. The van der Waals surface area contributed by atoms with Crippen molar-refractivity contribution in [2.75, 3.05) is 0 Å². The number of aryl methyl sites for hydroxylation is 1. The second-order valence-corrected chi connectivity index (χ2v) is 4.50. The van der Waals surface area contributed by atoms with Crippen LogP contribution < -0.4 is 0 Å². The van der Waals surface area contributed by atoms with E-state index in [1.165, 1.54) is 25.7 Å². The Morgan fingerprint density at radius 1 is 1.33 bits per heavy atom. The zero-order chi connectivity index (χ0) is 11.1. The summed E-state index contributed by atoms with van der Waals surface area (Å²) >= 11 is 6.13. The molecule has 0 N–H and O–H groups in total. The molecule has 0 spiro atoms. The highest BCUT2D eigenvalue weighted by atomic mass is 35.5. The third-order valence-electron chi connectivity index (χ3n) is 2.61. The van der Waals surface area contributed by atoms with Crippen LogP contribution in [0.3, 0.4) is 0 Å². The van der Waals surface area contributed by atoms with Gasteiger partial charge in [-0.1, -0.05) is 33.1 Å². The Morgan fingerprint density at radius 2 is 2.13 bits per heavy atom. The Labute approximate surface area is 97.6 Å². The minimum atomic E-state index is 0.120. The maximum Gasteiger partial charge on any atom is 0.0613 e. The van der Waals surface area contributed by atoms with Gasteiger partial charge in [-0.05, 0) is 12.8 Å². The highest BCUT2D eigenvalue weighted by Crippen LogP contribution is 2.22. The SMILES string of the molecule is CCCCCCn1cc(C(Cl)CC)cn1. The van der Waals surface area contributed by atoms with Crippen LogP contribution >= 0.6 is 11.6 Å². The van der Waals surface area contributed by atoms with Crippen molar-refractivity contribution in [3.05, 3.63) is 18.0 Å². The first-order valence-electron chi connectivity index (χ1n) is 5.94. The van der Waals surface area contributed by atoms with Gasteiger partial charge in [0.25, 0.3) is 0 Å². The quantitative estimate of drug-likeness (QED) is 0.506. The van der Waals surface area contributed by atoms with Crippen LogP contribution in [0.4, 0.5) is 0 Å². The molecule has 2 nitrogen and oxygen atoms in total. The third kappa shape index (κ3) is 4.25. The van der Waals surface area contributed by atoms with Gasteiger partial charge >= 0.3 is 0 Å². The van der Waals surface area contributed by atoms with Crippen LogP contribution in [0.1, 0.15) is 56.9 Å². The summed E-state index contributed by atoms with van der Waals surface area (Å²) in [6.45, 7) is 5.34. The highest BCUT2D eigenvalue weighted by Gasteiger charge is 2.07. The highest BCUT2D eigenvalue weighted by molar-refractivity contribution is 6.20. The molecule has 86 valence electrons. The van der Waals surface area contributed by atoms with Crippen LogP contribution in [-0.2, 0) is 6.54 Å². The van der Waals surface area contributed by atoms with Crippen molar-refractivity contribution in [3.63, 3.8) is 0 Å². The molecule has 0 fully saturated rings. The molecule has 1 atom stereocenters. The Hall–Kier alpha value is -0.500. The molecule has 1 unspecified atom stereocenters. The Kier molecular flexibility index (Phi) is 5.77. The van der Waals surface area contributed by atoms with E-state index in [2.05, 4.69) is 25.1 Å². The van der Waals surface area contributed by atoms with Gasteiger partial charge < -0.3 is 0 Å². The van der Waals surface area contributed by atoms with Gasteiger partial charge in [0.1, 0.15) is 0 Å². The summed E-state index contributed by atoms with van der Waals surface area (Å²) in [6.07, 6.45) is 10.0. The molecule has 0 saturated carbocycles. The summed E-state index contributed by atoms with van der Waals surface area (Å²) in [6, 6.07) is 0. The number of aromatic nitrogens is 2. The van der Waals surface area contributed by atoms with Crippen LogP contribution in [0.5, 0.6) is 0 Å². The van der Waals surface area contributed by atoms with E-state index in [0.29, 0.717) is 0 Å².